The van der Waals surface area contributed by atoms with Gasteiger partial charge in [-0.3, -0.25) is 4.79 Å². The zero-order valence-corrected chi connectivity index (χ0v) is 6.39. The van der Waals surface area contributed by atoms with Crippen LogP contribution < -0.4 is 0 Å². The van der Waals surface area contributed by atoms with Crippen LogP contribution >= 0.6 is 11.3 Å². The highest BCUT2D eigenvalue weighted by atomic mass is 32.1. The van der Waals surface area contributed by atoms with Crippen molar-refractivity contribution in [1.82, 2.24) is 4.98 Å². The van der Waals surface area contributed by atoms with Gasteiger partial charge in [0.25, 0.3) is 0 Å². The fourth-order valence-electron chi connectivity index (χ4n) is 0.919. The highest BCUT2D eigenvalue weighted by molar-refractivity contribution is 7.16. The van der Waals surface area contributed by atoms with E-state index in [1.807, 2.05) is 12.4 Å². The largest absolute Gasteiger partial charge is 0.285 e. The minimum atomic E-state index is 0.585. The SMILES string of the molecule is O=[C]c1ccc2ncsc2c1. The average molecular weight is 162 g/mol. The lowest BCUT2D eigenvalue weighted by atomic mass is 10.2. The summed E-state index contributed by atoms with van der Waals surface area (Å²) in [7, 11) is 0. The third-order valence-electron chi connectivity index (χ3n) is 1.45. The fraction of sp³-hybridized carbons (Fsp3) is 0. The van der Waals surface area contributed by atoms with Crippen molar-refractivity contribution < 1.29 is 4.79 Å². The Bertz CT molecular complexity index is 394. The number of benzene rings is 1. The topological polar surface area (TPSA) is 30.0 Å². The van der Waals surface area contributed by atoms with Gasteiger partial charge in [0.15, 0.2) is 0 Å². The molecule has 11 heavy (non-hydrogen) atoms. The Kier molecular flexibility index (Phi) is 1.43. The van der Waals surface area contributed by atoms with E-state index >= 15 is 0 Å². The molecule has 3 heteroatoms. The molecule has 1 radical (unpaired) electrons. The van der Waals surface area contributed by atoms with E-state index < -0.39 is 0 Å². The summed E-state index contributed by atoms with van der Waals surface area (Å²) >= 11 is 1.53. The van der Waals surface area contributed by atoms with Crippen molar-refractivity contribution in [2.24, 2.45) is 0 Å². The van der Waals surface area contributed by atoms with Crippen LogP contribution in [0, 0.1) is 0 Å². The van der Waals surface area contributed by atoms with E-state index in [0.29, 0.717) is 5.56 Å². The zero-order valence-electron chi connectivity index (χ0n) is 5.57. The molecule has 0 amide bonds. The zero-order chi connectivity index (χ0) is 7.68. The molecule has 0 bridgehead atoms. The number of aromatic nitrogens is 1. The first-order valence-corrected chi connectivity index (χ1v) is 3.99. The Morgan fingerprint density at radius 3 is 3.18 bits per heavy atom. The highest BCUT2D eigenvalue weighted by Gasteiger charge is 1.96. The average Bonchev–Trinajstić information content (AvgIpc) is 2.50. The maximum absolute atomic E-state index is 10.2. The van der Waals surface area contributed by atoms with Gasteiger partial charge in [0.2, 0.25) is 6.29 Å². The molecule has 2 rings (SSSR count). The third kappa shape index (κ3) is 1.03. The number of nitrogens with zero attached hydrogens (tertiary/aromatic N) is 1. The van der Waals surface area contributed by atoms with Gasteiger partial charge in [0.1, 0.15) is 0 Å². The van der Waals surface area contributed by atoms with E-state index in [2.05, 4.69) is 4.98 Å². The number of carbonyl (C=O) groups excluding carboxylic acids is 1. The maximum atomic E-state index is 10.2. The number of hydrogen-bond donors (Lipinski definition) is 0. The summed E-state index contributed by atoms with van der Waals surface area (Å²) < 4.78 is 1.03. The van der Waals surface area contributed by atoms with Crippen LogP contribution in [0.3, 0.4) is 0 Å². The van der Waals surface area contributed by atoms with Crippen molar-refractivity contribution in [1.29, 1.82) is 0 Å². The van der Waals surface area contributed by atoms with Gasteiger partial charge in [-0.25, -0.2) is 4.98 Å². The van der Waals surface area contributed by atoms with E-state index in [1.54, 1.807) is 17.6 Å². The normalized spacial score (nSPS) is 10.2. The lowest BCUT2D eigenvalue weighted by Crippen LogP contribution is -1.77. The van der Waals surface area contributed by atoms with E-state index in [1.165, 1.54) is 11.3 Å². The molecule has 0 atom stereocenters. The lowest BCUT2D eigenvalue weighted by molar-refractivity contribution is 0.563. The molecule has 1 heterocycles. The molecule has 0 fully saturated rings. The minimum absolute atomic E-state index is 0.585. The summed E-state index contributed by atoms with van der Waals surface area (Å²) in [6, 6.07) is 5.33. The van der Waals surface area contributed by atoms with E-state index in [-0.39, 0.29) is 0 Å². The number of hydrogen-bond acceptors (Lipinski definition) is 3. The molecule has 0 unspecified atom stereocenters. The van der Waals surface area contributed by atoms with Crippen LogP contribution in [0.2, 0.25) is 0 Å². The van der Waals surface area contributed by atoms with Crippen LogP contribution in [-0.4, -0.2) is 11.3 Å². The first kappa shape index (κ1) is 6.49. The Morgan fingerprint density at radius 2 is 2.36 bits per heavy atom. The number of thiazole rings is 1. The van der Waals surface area contributed by atoms with Gasteiger partial charge in [-0.1, -0.05) is 0 Å². The predicted molar refractivity (Wildman–Crippen MR) is 44.4 cm³/mol. The quantitative estimate of drug-likeness (QED) is 0.639. The maximum Gasteiger partial charge on any atom is 0.233 e. The van der Waals surface area contributed by atoms with Crippen molar-refractivity contribution >= 4 is 27.8 Å². The smallest absolute Gasteiger partial charge is 0.233 e. The fourth-order valence-corrected chi connectivity index (χ4v) is 1.63. The molecule has 0 N–H and O–H groups in total. The van der Waals surface area contributed by atoms with Gasteiger partial charge in [-0.2, -0.15) is 0 Å². The summed E-state index contributed by atoms with van der Waals surface area (Å²) in [5, 5.41) is 0. The number of fused-ring (bicyclic) bond motifs is 1. The van der Waals surface area contributed by atoms with Crippen LogP contribution in [0.1, 0.15) is 5.56 Å². The molecule has 2 aromatic rings. The lowest BCUT2D eigenvalue weighted by Gasteiger charge is -1.87. The van der Waals surface area contributed by atoms with Crippen LogP contribution in [0.5, 0.6) is 0 Å². The molecule has 0 aliphatic heterocycles. The summed E-state index contributed by atoms with van der Waals surface area (Å²) in [5.74, 6) is 0. The van der Waals surface area contributed by atoms with Crippen molar-refractivity contribution in [3.63, 3.8) is 0 Å². The van der Waals surface area contributed by atoms with E-state index in [0.717, 1.165) is 10.2 Å². The van der Waals surface area contributed by atoms with Crippen molar-refractivity contribution in [2.75, 3.05) is 0 Å². The number of rotatable bonds is 1. The van der Waals surface area contributed by atoms with E-state index in [9.17, 15) is 4.79 Å². The molecule has 0 aliphatic carbocycles. The van der Waals surface area contributed by atoms with Gasteiger partial charge in [-0.15, -0.1) is 11.3 Å². The second-order valence-electron chi connectivity index (χ2n) is 2.14. The first-order chi connectivity index (χ1) is 5.40. The second kappa shape index (κ2) is 2.43. The molecular formula is C8H4NOS. The Labute approximate surface area is 67.5 Å². The molecule has 1 aromatic heterocycles. The van der Waals surface area contributed by atoms with Crippen LogP contribution in [0.4, 0.5) is 0 Å². The van der Waals surface area contributed by atoms with E-state index in [4.69, 9.17) is 0 Å². The van der Waals surface area contributed by atoms with Crippen molar-refractivity contribution in [3.05, 3.63) is 29.3 Å². The Balaban J connectivity index is 2.76. The van der Waals surface area contributed by atoms with Gasteiger partial charge >= 0.3 is 0 Å². The minimum Gasteiger partial charge on any atom is -0.285 e. The van der Waals surface area contributed by atoms with Gasteiger partial charge in [-0.05, 0) is 18.2 Å². The molecule has 0 spiro atoms. The van der Waals surface area contributed by atoms with Crippen LogP contribution in [0.25, 0.3) is 10.2 Å². The van der Waals surface area contributed by atoms with Crippen LogP contribution in [0.15, 0.2) is 23.7 Å². The molecule has 0 aliphatic rings. The van der Waals surface area contributed by atoms with Gasteiger partial charge in [0, 0.05) is 5.56 Å². The highest BCUT2D eigenvalue weighted by Crippen LogP contribution is 2.17. The third-order valence-corrected chi connectivity index (χ3v) is 2.24. The second-order valence-corrected chi connectivity index (χ2v) is 3.02. The molecular weight excluding hydrogens is 158 g/mol. The molecule has 2 nitrogen and oxygen atoms in total. The molecule has 53 valence electrons. The van der Waals surface area contributed by atoms with Crippen LogP contribution in [-0.2, 0) is 4.79 Å². The predicted octanol–water partition coefficient (Wildman–Crippen LogP) is 1.75. The summed E-state index contributed by atoms with van der Waals surface area (Å²) in [5.41, 5.74) is 3.29. The van der Waals surface area contributed by atoms with Crippen molar-refractivity contribution in [3.8, 4) is 0 Å². The Morgan fingerprint density at radius 1 is 1.45 bits per heavy atom. The first-order valence-electron chi connectivity index (χ1n) is 3.11. The molecule has 1 aromatic carbocycles. The summed E-state index contributed by atoms with van der Waals surface area (Å²) in [6.07, 6.45) is 1.84. The molecule has 0 saturated heterocycles. The standard InChI is InChI=1S/C8H4NOS/c10-4-6-1-2-7-8(3-6)11-5-9-7/h1-3,5H. The molecule has 0 saturated carbocycles. The summed E-state index contributed by atoms with van der Waals surface area (Å²) in [4.78, 5) is 14.3. The van der Waals surface area contributed by atoms with Gasteiger partial charge in [0.05, 0.1) is 15.7 Å². The van der Waals surface area contributed by atoms with Gasteiger partial charge < -0.3 is 0 Å². The summed E-state index contributed by atoms with van der Waals surface area (Å²) in [6.45, 7) is 0. The monoisotopic (exact) mass is 162 g/mol. The Hall–Kier alpha value is -1.22. The van der Waals surface area contributed by atoms with Crippen molar-refractivity contribution in [2.45, 2.75) is 0 Å².